The van der Waals surface area contributed by atoms with Crippen molar-refractivity contribution in [2.24, 2.45) is 5.92 Å². The average Bonchev–Trinajstić information content (AvgIpc) is 3.29. The maximum Gasteiger partial charge on any atom is -0.0121 e. The van der Waals surface area contributed by atoms with Gasteiger partial charge in [0.25, 0.3) is 0 Å². The van der Waals surface area contributed by atoms with Crippen molar-refractivity contribution in [1.82, 2.24) is 0 Å². The molecule has 3 aliphatic rings. The molecular weight excluding hydrogens is 458 g/mol. The van der Waals surface area contributed by atoms with Crippen molar-refractivity contribution in [3.8, 4) is 0 Å². The maximum atomic E-state index is 2.67. The highest BCUT2D eigenvalue weighted by molar-refractivity contribution is 7.67. The van der Waals surface area contributed by atoms with Crippen molar-refractivity contribution in [2.45, 2.75) is 165 Å². The van der Waals surface area contributed by atoms with Crippen LogP contribution in [0.15, 0.2) is 24.3 Å². The quantitative estimate of drug-likeness (QED) is 0.331. The second-order valence-electron chi connectivity index (χ2n) is 14.2. The number of hydrogen-bond donors (Lipinski definition) is 0. The Morgan fingerprint density at radius 2 is 1.17 bits per heavy atom. The van der Waals surface area contributed by atoms with E-state index in [2.05, 4.69) is 72.7 Å². The zero-order chi connectivity index (χ0) is 25.2. The van der Waals surface area contributed by atoms with E-state index in [-0.39, 0.29) is 15.8 Å². The largest absolute Gasteiger partial charge is 0.0924 e. The van der Waals surface area contributed by atoms with Gasteiger partial charge in [-0.1, -0.05) is 134 Å². The highest BCUT2D eigenvalue weighted by Crippen LogP contribution is 2.67. The van der Waals surface area contributed by atoms with E-state index in [9.17, 15) is 0 Å². The van der Waals surface area contributed by atoms with Gasteiger partial charge in [-0.05, 0) is 88.5 Å². The van der Waals surface area contributed by atoms with Gasteiger partial charge >= 0.3 is 0 Å². The van der Waals surface area contributed by atoms with E-state index in [0.29, 0.717) is 10.3 Å². The molecule has 0 amide bonds. The van der Waals surface area contributed by atoms with E-state index in [0.717, 1.165) is 28.8 Å². The fourth-order valence-electron chi connectivity index (χ4n) is 8.82. The lowest BCUT2D eigenvalue weighted by Gasteiger charge is -2.48. The summed E-state index contributed by atoms with van der Waals surface area (Å²) in [7, 11) is -0.0984. The summed E-state index contributed by atoms with van der Waals surface area (Å²) in [5.74, 6) is 1.67. The molecule has 198 valence electrons. The van der Waals surface area contributed by atoms with Crippen molar-refractivity contribution in [2.75, 3.05) is 0 Å². The van der Waals surface area contributed by atoms with Crippen molar-refractivity contribution >= 4 is 21.1 Å². The molecule has 0 bridgehead atoms. The van der Waals surface area contributed by atoms with Crippen molar-refractivity contribution in [3.63, 3.8) is 0 Å². The fourth-order valence-corrected chi connectivity index (χ4v) is 18.0. The van der Waals surface area contributed by atoms with E-state index in [1.807, 2.05) is 10.9 Å². The summed E-state index contributed by atoms with van der Waals surface area (Å²) in [6, 6.07) is 10.1. The molecular formula is C33H56P2. The van der Waals surface area contributed by atoms with Gasteiger partial charge in [0.2, 0.25) is 0 Å². The lowest BCUT2D eigenvalue weighted by molar-refractivity contribution is 0.466. The molecule has 0 saturated heterocycles. The fraction of sp³-hybridized carbons (Fsp3) is 0.818. The minimum atomic E-state index is -0.0759. The summed E-state index contributed by atoms with van der Waals surface area (Å²) in [6.07, 6.45) is 19.3. The van der Waals surface area contributed by atoms with Crippen LogP contribution in [0.4, 0.5) is 0 Å². The lowest BCUT2D eigenvalue weighted by Crippen LogP contribution is -2.35. The SMILES string of the molecule is CC(C1CCCC1c1ccccc1P(C1CCCCC1)C1CCCCC1)P(C(C)(C)C)C(C)(C)C. The predicted molar refractivity (Wildman–Crippen MR) is 163 cm³/mol. The Morgan fingerprint density at radius 3 is 1.69 bits per heavy atom. The van der Waals surface area contributed by atoms with E-state index in [1.165, 1.54) is 83.5 Å². The van der Waals surface area contributed by atoms with Crippen LogP contribution in [0.3, 0.4) is 0 Å². The second kappa shape index (κ2) is 11.9. The molecule has 3 atom stereocenters. The first-order valence-corrected chi connectivity index (χ1v) is 18.1. The molecule has 1 aromatic carbocycles. The topological polar surface area (TPSA) is 0 Å². The molecule has 4 rings (SSSR count). The minimum Gasteiger partial charge on any atom is -0.0924 e. The summed E-state index contributed by atoms with van der Waals surface area (Å²) >= 11 is 0. The van der Waals surface area contributed by atoms with Gasteiger partial charge in [-0.2, -0.15) is 0 Å². The molecule has 0 spiro atoms. The van der Waals surface area contributed by atoms with Crippen LogP contribution in [0.25, 0.3) is 0 Å². The Morgan fingerprint density at radius 1 is 0.657 bits per heavy atom. The summed E-state index contributed by atoms with van der Waals surface area (Å²) in [5, 5.41) is 2.70. The molecule has 1 aromatic rings. The summed E-state index contributed by atoms with van der Waals surface area (Å²) < 4.78 is 0. The van der Waals surface area contributed by atoms with Crippen LogP contribution >= 0.6 is 15.8 Å². The first-order valence-electron chi connectivity index (χ1n) is 15.3. The molecule has 3 saturated carbocycles. The van der Waals surface area contributed by atoms with Crippen LogP contribution in [0.2, 0.25) is 0 Å². The molecule has 0 nitrogen and oxygen atoms in total. The molecule has 2 heteroatoms. The third-order valence-electron chi connectivity index (χ3n) is 9.59. The first-order chi connectivity index (χ1) is 16.6. The van der Waals surface area contributed by atoms with Crippen LogP contribution in [0.1, 0.15) is 143 Å². The molecule has 0 heterocycles. The van der Waals surface area contributed by atoms with Gasteiger partial charge in [0.05, 0.1) is 0 Å². The van der Waals surface area contributed by atoms with Crippen molar-refractivity contribution in [1.29, 1.82) is 0 Å². The summed E-state index contributed by atoms with van der Waals surface area (Å²) in [4.78, 5) is 0. The number of hydrogen-bond acceptors (Lipinski definition) is 0. The van der Waals surface area contributed by atoms with Crippen LogP contribution in [-0.4, -0.2) is 27.3 Å². The van der Waals surface area contributed by atoms with Crippen LogP contribution < -0.4 is 5.30 Å². The molecule has 0 aromatic heterocycles. The number of benzene rings is 1. The third kappa shape index (κ3) is 6.57. The molecule has 3 unspecified atom stereocenters. The van der Waals surface area contributed by atoms with Gasteiger partial charge in [0, 0.05) is 0 Å². The van der Waals surface area contributed by atoms with Crippen LogP contribution in [-0.2, 0) is 0 Å². The van der Waals surface area contributed by atoms with Gasteiger partial charge in [0.1, 0.15) is 0 Å². The molecule has 3 aliphatic carbocycles. The van der Waals surface area contributed by atoms with Gasteiger partial charge in [-0.15, -0.1) is 0 Å². The zero-order valence-electron chi connectivity index (χ0n) is 24.3. The molecule has 0 aliphatic heterocycles. The maximum absolute atomic E-state index is 2.67. The Bertz CT molecular complexity index is 756. The Labute approximate surface area is 221 Å². The molecule has 0 N–H and O–H groups in total. The zero-order valence-corrected chi connectivity index (χ0v) is 26.1. The van der Waals surface area contributed by atoms with Gasteiger partial charge in [-0.25, -0.2) is 0 Å². The lowest BCUT2D eigenvalue weighted by atomic mass is 9.87. The third-order valence-corrected chi connectivity index (χ3v) is 17.3. The normalized spacial score (nSPS) is 26.5. The second-order valence-corrected chi connectivity index (χ2v) is 21.2. The van der Waals surface area contributed by atoms with Crippen molar-refractivity contribution < 1.29 is 0 Å². The van der Waals surface area contributed by atoms with Gasteiger partial charge in [0.15, 0.2) is 0 Å². The van der Waals surface area contributed by atoms with Crippen LogP contribution in [0.5, 0.6) is 0 Å². The average molecular weight is 515 g/mol. The Kier molecular flexibility index (Phi) is 9.52. The van der Waals surface area contributed by atoms with E-state index in [1.54, 1.807) is 0 Å². The van der Waals surface area contributed by atoms with E-state index >= 15 is 0 Å². The predicted octanol–water partition coefficient (Wildman–Crippen LogP) is 10.8. The molecule has 3 fully saturated rings. The number of rotatable bonds is 6. The Hall–Kier alpha value is 0.0800. The first kappa shape index (κ1) is 28.1. The molecule has 35 heavy (non-hydrogen) atoms. The summed E-state index contributed by atoms with van der Waals surface area (Å²) in [5.41, 5.74) is 4.66. The smallest absolute Gasteiger partial charge is 0.0121 e. The summed E-state index contributed by atoms with van der Waals surface area (Å²) in [6.45, 7) is 17.9. The standard InChI is InChI=1S/C33H56P2/c1-25(35(32(2,3)4)33(5,6)7)28-22-16-23-29(28)30-21-14-15-24-31(30)34(26-17-10-8-11-18-26)27-19-12-9-13-20-27/h14-15,21,24-29H,8-13,16-20,22-23H2,1-7H3. The minimum absolute atomic E-state index is 0.0225. The highest BCUT2D eigenvalue weighted by atomic mass is 31.1. The van der Waals surface area contributed by atoms with Gasteiger partial charge in [-0.3, -0.25) is 0 Å². The highest BCUT2D eigenvalue weighted by Gasteiger charge is 2.45. The Balaban J connectivity index is 1.69. The monoisotopic (exact) mass is 514 g/mol. The van der Waals surface area contributed by atoms with E-state index < -0.39 is 0 Å². The van der Waals surface area contributed by atoms with Gasteiger partial charge < -0.3 is 0 Å². The van der Waals surface area contributed by atoms with Crippen molar-refractivity contribution in [3.05, 3.63) is 29.8 Å². The van der Waals surface area contributed by atoms with E-state index in [4.69, 9.17) is 0 Å². The molecule has 0 radical (unpaired) electrons. The van der Waals surface area contributed by atoms with Crippen LogP contribution in [0, 0.1) is 5.92 Å².